The summed E-state index contributed by atoms with van der Waals surface area (Å²) in [7, 11) is 0. The molecule has 1 atom stereocenters. The Hall–Kier alpha value is -3.36. The molecule has 0 aliphatic carbocycles. The molecular formula is C27H30N2O6. The number of hydrogen-bond donors (Lipinski definition) is 1. The molecule has 0 radical (unpaired) electrons. The first-order valence-corrected chi connectivity index (χ1v) is 12.1. The summed E-state index contributed by atoms with van der Waals surface area (Å²) in [6.45, 7) is 6.84. The number of fused-ring (bicyclic) bond motifs is 1. The summed E-state index contributed by atoms with van der Waals surface area (Å²) in [6.07, 6.45) is 0.884. The highest BCUT2D eigenvalue weighted by Crippen LogP contribution is 2.41. The first-order valence-electron chi connectivity index (χ1n) is 12.1. The van der Waals surface area contributed by atoms with E-state index < -0.39 is 17.7 Å². The summed E-state index contributed by atoms with van der Waals surface area (Å²) in [5.41, 5.74) is 2.46. The second-order valence-corrected chi connectivity index (χ2v) is 8.90. The second kappa shape index (κ2) is 10.1. The number of benzene rings is 2. The number of aliphatic hydroxyl groups is 1. The zero-order chi connectivity index (χ0) is 24.4. The predicted molar refractivity (Wildman–Crippen MR) is 130 cm³/mol. The maximum Gasteiger partial charge on any atom is 0.295 e. The van der Waals surface area contributed by atoms with Crippen LogP contribution in [0, 0.1) is 0 Å². The van der Waals surface area contributed by atoms with Gasteiger partial charge in [0.2, 0.25) is 0 Å². The fourth-order valence-corrected chi connectivity index (χ4v) is 4.81. The van der Waals surface area contributed by atoms with Gasteiger partial charge in [0.25, 0.3) is 11.7 Å². The molecule has 3 heterocycles. The van der Waals surface area contributed by atoms with Crippen LogP contribution in [-0.2, 0) is 20.7 Å². The van der Waals surface area contributed by atoms with E-state index in [0.717, 1.165) is 30.6 Å². The Labute approximate surface area is 204 Å². The van der Waals surface area contributed by atoms with Gasteiger partial charge in [-0.1, -0.05) is 31.2 Å². The molecule has 3 aliphatic rings. The van der Waals surface area contributed by atoms with Crippen LogP contribution >= 0.6 is 0 Å². The predicted octanol–water partition coefficient (Wildman–Crippen LogP) is 2.77. The number of ether oxygens (including phenoxy) is 3. The van der Waals surface area contributed by atoms with E-state index in [9.17, 15) is 14.7 Å². The lowest BCUT2D eigenvalue weighted by Gasteiger charge is -2.31. The minimum absolute atomic E-state index is 0.0953. The lowest BCUT2D eigenvalue weighted by Crippen LogP contribution is -2.42. The van der Waals surface area contributed by atoms with Crippen LogP contribution in [0.1, 0.15) is 29.7 Å². The molecule has 8 nitrogen and oxygen atoms in total. The van der Waals surface area contributed by atoms with E-state index >= 15 is 0 Å². The van der Waals surface area contributed by atoms with Crippen molar-refractivity contribution in [3.05, 3.63) is 64.7 Å². The van der Waals surface area contributed by atoms with Gasteiger partial charge in [-0.2, -0.15) is 0 Å². The summed E-state index contributed by atoms with van der Waals surface area (Å²) < 4.78 is 16.7. The third-order valence-electron chi connectivity index (χ3n) is 6.82. The van der Waals surface area contributed by atoms with Crippen molar-refractivity contribution < 1.29 is 28.9 Å². The number of ketones is 1. The molecule has 0 spiro atoms. The Bertz CT molecular complexity index is 1140. The van der Waals surface area contributed by atoms with Gasteiger partial charge in [0.15, 0.2) is 11.5 Å². The summed E-state index contributed by atoms with van der Waals surface area (Å²) in [5, 5.41) is 11.3. The Morgan fingerprint density at radius 1 is 0.943 bits per heavy atom. The largest absolute Gasteiger partial charge is 0.507 e. The molecule has 35 heavy (non-hydrogen) atoms. The fourth-order valence-electron chi connectivity index (χ4n) is 4.81. The third-order valence-corrected chi connectivity index (χ3v) is 6.82. The molecule has 2 aromatic rings. The van der Waals surface area contributed by atoms with Gasteiger partial charge >= 0.3 is 0 Å². The van der Waals surface area contributed by atoms with Crippen molar-refractivity contribution in [2.24, 2.45) is 0 Å². The summed E-state index contributed by atoms with van der Waals surface area (Å²) in [5.74, 6) is -0.388. The molecule has 0 unspecified atom stereocenters. The highest BCUT2D eigenvalue weighted by molar-refractivity contribution is 6.46. The van der Waals surface area contributed by atoms with Crippen molar-refractivity contribution in [1.82, 2.24) is 9.80 Å². The highest BCUT2D eigenvalue weighted by Gasteiger charge is 2.46. The number of morpholine rings is 1. The van der Waals surface area contributed by atoms with Crippen LogP contribution in [0.3, 0.4) is 0 Å². The minimum Gasteiger partial charge on any atom is -0.507 e. The highest BCUT2D eigenvalue weighted by atomic mass is 16.6. The van der Waals surface area contributed by atoms with Crippen LogP contribution in [-0.4, -0.2) is 79.2 Å². The Kier molecular flexibility index (Phi) is 6.74. The van der Waals surface area contributed by atoms with Crippen molar-refractivity contribution in [3.8, 4) is 11.5 Å². The number of carbonyl (C=O) groups excluding carboxylic acids is 2. The van der Waals surface area contributed by atoms with E-state index in [0.29, 0.717) is 56.6 Å². The number of Topliss-reactive ketones (excluding diaryl/α,β-unsaturated/α-hetero) is 1. The van der Waals surface area contributed by atoms with Crippen LogP contribution in [0.5, 0.6) is 11.5 Å². The summed E-state index contributed by atoms with van der Waals surface area (Å²) in [6, 6.07) is 12.3. The Morgan fingerprint density at radius 3 is 2.37 bits per heavy atom. The van der Waals surface area contributed by atoms with Crippen molar-refractivity contribution in [2.75, 3.05) is 52.6 Å². The summed E-state index contributed by atoms with van der Waals surface area (Å²) in [4.78, 5) is 30.3. The molecule has 2 aromatic carbocycles. The van der Waals surface area contributed by atoms with Crippen molar-refractivity contribution in [3.63, 3.8) is 0 Å². The molecule has 0 saturated carbocycles. The number of aliphatic hydroxyl groups excluding tert-OH is 1. The van der Waals surface area contributed by atoms with Crippen molar-refractivity contribution >= 4 is 17.4 Å². The van der Waals surface area contributed by atoms with E-state index in [2.05, 4.69) is 11.8 Å². The molecule has 0 aromatic heterocycles. The standard InChI is InChI=1S/C27H30N2O6/c1-2-18-3-5-19(6-4-18)24-23(25(30)20-7-8-21-22(17-20)35-16-15-34-21)26(31)27(32)29(24)10-9-28-11-13-33-14-12-28/h3-8,17,24,30H,2,9-16H2,1H3/t24-/m1/s1. The normalized spacial score (nSPS) is 22.0. The van der Waals surface area contributed by atoms with E-state index in [1.165, 1.54) is 0 Å². The van der Waals surface area contributed by atoms with Gasteiger partial charge in [0, 0.05) is 31.7 Å². The van der Waals surface area contributed by atoms with E-state index in [4.69, 9.17) is 14.2 Å². The number of rotatable bonds is 6. The number of aryl methyl sites for hydroxylation is 1. The van der Waals surface area contributed by atoms with Gasteiger partial charge in [0.05, 0.1) is 24.8 Å². The number of hydrogen-bond acceptors (Lipinski definition) is 7. The Balaban J connectivity index is 1.53. The topological polar surface area (TPSA) is 88.5 Å². The zero-order valence-corrected chi connectivity index (χ0v) is 19.9. The molecule has 8 heteroatoms. The van der Waals surface area contributed by atoms with Crippen LogP contribution in [0.4, 0.5) is 0 Å². The SMILES string of the molecule is CCc1ccc([C@@H]2C(=C(O)c3ccc4c(c3)OCCO4)C(=O)C(=O)N2CCN2CCOCC2)cc1. The maximum absolute atomic E-state index is 13.3. The average Bonchev–Trinajstić information content (AvgIpc) is 3.16. The van der Waals surface area contributed by atoms with Gasteiger partial charge in [0.1, 0.15) is 19.0 Å². The second-order valence-electron chi connectivity index (χ2n) is 8.90. The number of amides is 1. The van der Waals surface area contributed by atoms with Crippen LogP contribution in [0.2, 0.25) is 0 Å². The number of carbonyl (C=O) groups is 2. The van der Waals surface area contributed by atoms with Gasteiger partial charge in [-0.05, 0) is 35.7 Å². The molecule has 1 N–H and O–H groups in total. The van der Waals surface area contributed by atoms with Crippen LogP contribution < -0.4 is 9.47 Å². The fraction of sp³-hybridized carbons (Fsp3) is 0.407. The van der Waals surface area contributed by atoms with Gasteiger partial charge in [-0.25, -0.2) is 0 Å². The smallest absolute Gasteiger partial charge is 0.295 e. The van der Waals surface area contributed by atoms with Crippen LogP contribution in [0.25, 0.3) is 5.76 Å². The zero-order valence-electron chi connectivity index (χ0n) is 19.9. The molecule has 1 amide bonds. The quantitative estimate of drug-likeness (QED) is 0.388. The molecule has 3 aliphatic heterocycles. The van der Waals surface area contributed by atoms with Crippen molar-refractivity contribution in [2.45, 2.75) is 19.4 Å². The van der Waals surface area contributed by atoms with Crippen LogP contribution in [0.15, 0.2) is 48.0 Å². The van der Waals surface area contributed by atoms with Gasteiger partial charge < -0.3 is 24.2 Å². The maximum atomic E-state index is 13.3. The molecule has 0 bridgehead atoms. The van der Waals surface area contributed by atoms with E-state index in [-0.39, 0.29) is 11.3 Å². The minimum atomic E-state index is -0.677. The summed E-state index contributed by atoms with van der Waals surface area (Å²) >= 11 is 0. The monoisotopic (exact) mass is 478 g/mol. The lowest BCUT2D eigenvalue weighted by molar-refractivity contribution is -0.140. The third kappa shape index (κ3) is 4.63. The first kappa shape index (κ1) is 23.4. The Morgan fingerprint density at radius 2 is 1.66 bits per heavy atom. The van der Waals surface area contributed by atoms with Gasteiger partial charge in [-0.15, -0.1) is 0 Å². The van der Waals surface area contributed by atoms with Crippen molar-refractivity contribution in [1.29, 1.82) is 0 Å². The molecular weight excluding hydrogens is 448 g/mol. The first-order chi connectivity index (χ1) is 17.1. The van der Waals surface area contributed by atoms with E-state index in [1.807, 2.05) is 24.3 Å². The molecule has 5 rings (SSSR count). The lowest BCUT2D eigenvalue weighted by atomic mass is 9.94. The average molecular weight is 479 g/mol. The molecule has 2 saturated heterocycles. The van der Waals surface area contributed by atoms with Gasteiger partial charge in [-0.3, -0.25) is 14.5 Å². The van der Waals surface area contributed by atoms with E-state index in [1.54, 1.807) is 23.1 Å². The molecule has 184 valence electrons. The number of likely N-dealkylation sites (tertiary alicyclic amines) is 1. The number of nitrogens with zero attached hydrogens (tertiary/aromatic N) is 2. The molecule has 2 fully saturated rings.